The number of hydrogen-bond donors (Lipinski definition) is 1. The molecule has 9 heteroatoms. The maximum Gasteiger partial charge on any atom is 0.416 e. The zero-order valence-electron chi connectivity index (χ0n) is 14.0. The monoisotopic (exact) mass is 487 g/mol. The average Bonchev–Trinajstić information content (AvgIpc) is 2.59. The normalized spacial score (nSPS) is 11.6. The van der Waals surface area contributed by atoms with Gasteiger partial charge in [0, 0.05) is 3.57 Å². The Hall–Kier alpha value is -2.43. The summed E-state index contributed by atoms with van der Waals surface area (Å²) < 4.78 is 40.3. The number of alkyl halides is 3. The third-order valence-electron chi connectivity index (χ3n) is 3.92. The van der Waals surface area contributed by atoms with Gasteiger partial charge in [-0.25, -0.2) is 4.98 Å². The van der Waals surface area contributed by atoms with Crippen molar-refractivity contribution in [3.8, 4) is 0 Å². The van der Waals surface area contributed by atoms with Crippen molar-refractivity contribution >= 4 is 45.1 Å². The van der Waals surface area contributed by atoms with E-state index in [4.69, 9.17) is 0 Å². The molecule has 1 heterocycles. The molecule has 0 unspecified atom stereocenters. The van der Waals surface area contributed by atoms with Gasteiger partial charge in [-0.2, -0.15) is 13.2 Å². The number of amides is 1. The Morgan fingerprint density at radius 2 is 1.93 bits per heavy atom. The summed E-state index contributed by atoms with van der Waals surface area (Å²) in [7, 11) is 0. The highest BCUT2D eigenvalue weighted by Gasteiger charge is 2.31. The van der Waals surface area contributed by atoms with Gasteiger partial charge in [0.2, 0.25) is 5.91 Å². The lowest BCUT2D eigenvalue weighted by molar-refractivity contribution is -0.137. The van der Waals surface area contributed by atoms with Gasteiger partial charge in [0.25, 0.3) is 5.56 Å². The summed E-state index contributed by atoms with van der Waals surface area (Å²) in [5, 5.41) is 2.81. The van der Waals surface area contributed by atoms with E-state index in [9.17, 15) is 22.8 Å². The van der Waals surface area contributed by atoms with Gasteiger partial charge < -0.3 is 5.32 Å². The summed E-state index contributed by atoms with van der Waals surface area (Å²) >= 11 is 1.83. The molecule has 27 heavy (non-hydrogen) atoms. The number of carbonyl (C=O) groups is 1. The summed E-state index contributed by atoms with van der Waals surface area (Å²) in [4.78, 5) is 29.2. The second-order valence-electron chi connectivity index (χ2n) is 5.81. The van der Waals surface area contributed by atoms with E-state index in [1.54, 1.807) is 31.2 Å². The largest absolute Gasteiger partial charge is 0.416 e. The number of aryl methyl sites for hydroxylation is 1. The number of hydrogen-bond acceptors (Lipinski definition) is 3. The van der Waals surface area contributed by atoms with Gasteiger partial charge in [0.1, 0.15) is 12.4 Å². The molecular formula is C18H13F3IN3O2. The number of anilines is 1. The highest BCUT2D eigenvalue weighted by atomic mass is 127. The number of rotatable bonds is 3. The van der Waals surface area contributed by atoms with Crippen molar-refractivity contribution in [3.05, 3.63) is 67.8 Å². The zero-order chi connectivity index (χ0) is 19.8. The van der Waals surface area contributed by atoms with Crippen LogP contribution in [0.1, 0.15) is 11.4 Å². The molecule has 1 amide bonds. The summed E-state index contributed by atoms with van der Waals surface area (Å²) in [5.74, 6) is -0.276. The van der Waals surface area contributed by atoms with Crippen LogP contribution in [0.2, 0.25) is 0 Å². The molecule has 0 spiro atoms. The Bertz CT molecular complexity index is 1090. The summed E-state index contributed by atoms with van der Waals surface area (Å²) in [6.45, 7) is 1.24. The molecule has 1 aromatic heterocycles. The number of halogens is 4. The van der Waals surface area contributed by atoms with E-state index in [1.807, 2.05) is 22.6 Å². The Morgan fingerprint density at radius 3 is 2.63 bits per heavy atom. The number of para-hydroxylation sites is 1. The lowest BCUT2D eigenvalue weighted by Gasteiger charge is -2.13. The molecule has 1 N–H and O–H groups in total. The lowest BCUT2D eigenvalue weighted by atomic mass is 10.2. The van der Waals surface area contributed by atoms with Crippen LogP contribution in [-0.2, 0) is 17.5 Å². The molecule has 0 aliphatic heterocycles. The van der Waals surface area contributed by atoms with Gasteiger partial charge in [-0.1, -0.05) is 12.1 Å². The lowest BCUT2D eigenvalue weighted by Crippen LogP contribution is -2.30. The molecule has 0 aliphatic rings. The Labute approximate surface area is 165 Å². The van der Waals surface area contributed by atoms with Crippen molar-refractivity contribution in [1.29, 1.82) is 0 Å². The van der Waals surface area contributed by atoms with Gasteiger partial charge >= 0.3 is 6.18 Å². The highest BCUT2D eigenvalue weighted by molar-refractivity contribution is 14.1. The first-order chi connectivity index (χ1) is 12.7. The minimum Gasteiger partial charge on any atom is -0.324 e. The fourth-order valence-electron chi connectivity index (χ4n) is 2.60. The second-order valence-corrected chi connectivity index (χ2v) is 6.97. The van der Waals surface area contributed by atoms with E-state index in [0.29, 0.717) is 20.3 Å². The van der Waals surface area contributed by atoms with Crippen LogP contribution in [0, 0.1) is 10.5 Å². The van der Waals surface area contributed by atoms with Crippen molar-refractivity contribution in [2.45, 2.75) is 19.6 Å². The fraction of sp³-hybridized carbons (Fsp3) is 0.167. The van der Waals surface area contributed by atoms with E-state index < -0.39 is 17.6 Å². The molecule has 0 atom stereocenters. The predicted molar refractivity (Wildman–Crippen MR) is 104 cm³/mol. The topological polar surface area (TPSA) is 64.0 Å². The van der Waals surface area contributed by atoms with Crippen LogP contribution in [0.4, 0.5) is 18.9 Å². The first-order valence-electron chi connectivity index (χ1n) is 7.79. The molecule has 0 fully saturated rings. The Kier molecular flexibility index (Phi) is 5.22. The first kappa shape index (κ1) is 19.3. The van der Waals surface area contributed by atoms with Crippen LogP contribution >= 0.6 is 22.6 Å². The molecule has 2 aromatic carbocycles. The number of aromatic nitrogens is 2. The van der Waals surface area contributed by atoms with Crippen molar-refractivity contribution in [2.75, 3.05) is 5.32 Å². The maximum atomic E-state index is 12.9. The van der Waals surface area contributed by atoms with Crippen molar-refractivity contribution < 1.29 is 18.0 Å². The number of nitrogens with one attached hydrogen (secondary N) is 1. The van der Waals surface area contributed by atoms with Crippen LogP contribution < -0.4 is 10.9 Å². The first-order valence-corrected chi connectivity index (χ1v) is 8.87. The quantitative estimate of drug-likeness (QED) is 0.569. The second kappa shape index (κ2) is 7.29. The minimum atomic E-state index is -4.51. The number of carbonyl (C=O) groups excluding carboxylic acids is 1. The van der Waals surface area contributed by atoms with Crippen molar-refractivity contribution in [1.82, 2.24) is 9.55 Å². The van der Waals surface area contributed by atoms with Gasteiger partial charge in [0.15, 0.2) is 0 Å². The van der Waals surface area contributed by atoms with Gasteiger partial charge in [-0.05, 0) is 59.8 Å². The van der Waals surface area contributed by atoms with E-state index in [2.05, 4.69) is 10.3 Å². The van der Waals surface area contributed by atoms with Gasteiger partial charge in [0.05, 0.1) is 22.2 Å². The third-order valence-corrected chi connectivity index (χ3v) is 4.86. The molecule has 5 nitrogen and oxygen atoms in total. The molecule has 0 saturated carbocycles. The molecule has 3 rings (SSSR count). The van der Waals surface area contributed by atoms with Gasteiger partial charge in [-0.15, -0.1) is 0 Å². The summed E-state index contributed by atoms with van der Waals surface area (Å²) in [5.41, 5.74) is -0.690. The molecular weight excluding hydrogens is 474 g/mol. The predicted octanol–water partition coefficient (Wildman–Crippen LogP) is 3.97. The number of fused-ring (bicyclic) bond motifs is 1. The van der Waals surface area contributed by atoms with E-state index in [-0.39, 0.29) is 17.8 Å². The van der Waals surface area contributed by atoms with E-state index in [0.717, 1.165) is 12.1 Å². The van der Waals surface area contributed by atoms with Crippen molar-refractivity contribution in [2.24, 2.45) is 0 Å². The van der Waals surface area contributed by atoms with E-state index in [1.165, 1.54) is 10.6 Å². The smallest absolute Gasteiger partial charge is 0.324 e. The molecule has 140 valence electrons. The van der Waals surface area contributed by atoms with Crippen LogP contribution in [-0.4, -0.2) is 15.5 Å². The molecule has 0 radical (unpaired) electrons. The standard InChI is InChI=1S/C18H13F3IN3O2/c1-10-23-14-5-3-2-4-12(14)17(27)25(10)9-16(26)24-15-8-11(18(19,20)21)6-7-13(15)22/h2-8H,9H2,1H3,(H,24,26). The Morgan fingerprint density at radius 1 is 1.22 bits per heavy atom. The van der Waals surface area contributed by atoms with Crippen LogP contribution in [0.3, 0.4) is 0 Å². The minimum absolute atomic E-state index is 0.0369. The SMILES string of the molecule is Cc1nc2ccccc2c(=O)n1CC(=O)Nc1cc(C(F)(F)F)ccc1I. The third kappa shape index (κ3) is 4.12. The molecule has 0 saturated heterocycles. The number of nitrogens with zero attached hydrogens (tertiary/aromatic N) is 2. The fourth-order valence-corrected chi connectivity index (χ4v) is 3.07. The molecule has 0 bridgehead atoms. The average molecular weight is 487 g/mol. The van der Waals surface area contributed by atoms with Crippen LogP contribution in [0.25, 0.3) is 10.9 Å². The van der Waals surface area contributed by atoms with E-state index >= 15 is 0 Å². The zero-order valence-corrected chi connectivity index (χ0v) is 16.1. The van der Waals surface area contributed by atoms with Gasteiger partial charge in [-0.3, -0.25) is 14.2 Å². The maximum absolute atomic E-state index is 12.9. The number of benzene rings is 2. The summed E-state index contributed by atoms with van der Waals surface area (Å²) in [6, 6.07) is 9.83. The van der Waals surface area contributed by atoms with Crippen LogP contribution in [0.5, 0.6) is 0 Å². The highest BCUT2D eigenvalue weighted by Crippen LogP contribution is 2.32. The van der Waals surface area contributed by atoms with Crippen LogP contribution in [0.15, 0.2) is 47.3 Å². The molecule has 0 aliphatic carbocycles. The molecule has 3 aromatic rings. The van der Waals surface area contributed by atoms with Crippen molar-refractivity contribution in [3.63, 3.8) is 0 Å². The summed E-state index contributed by atoms with van der Waals surface area (Å²) in [6.07, 6.45) is -4.51. The Balaban J connectivity index is 1.89.